The highest BCUT2D eigenvalue weighted by Gasteiger charge is 2.18. The first-order valence-corrected chi connectivity index (χ1v) is 5.62. The van der Waals surface area contributed by atoms with Gasteiger partial charge in [-0.05, 0) is 12.1 Å². The summed E-state index contributed by atoms with van der Waals surface area (Å²) in [5.74, 6) is 0. The summed E-state index contributed by atoms with van der Waals surface area (Å²) in [5.41, 5.74) is -3.04. The Labute approximate surface area is 107 Å². The van der Waals surface area contributed by atoms with Gasteiger partial charge in [-0.3, -0.25) is 29.1 Å². The normalized spacial score (nSPS) is 11.8. The first-order valence-electron chi connectivity index (χ1n) is 5.62. The number of nitrogens with zero attached hydrogens (tertiary/aromatic N) is 2. The van der Waals surface area contributed by atoms with Crippen LogP contribution in [-0.4, -0.2) is 20.2 Å². The van der Waals surface area contributed by atoms with Gasteiger partial charge in [0.2, 0.25) is 0 Å². The molecule has 0 aliphatic rings. The van der Waals surface area contributed by atoms with Gasteiger partial charge in [0, 0.05) is 10.8 Å². The van der Waals surface area contributed by atoms with Crippen molar-refractivity contribution >= 4 is 32.6 Å². The zero-order valence-corrected chi connectivity index (χ0v) is 9.68. The highest BCUT2D eigenvalue weighted by molar-refractivity contribution is 6.19. The number of H-pyrrole nitrogens is 2. The van der Waals surface area contributed by atoms with Gasteiger partial charge >= 0.3 is 0 Å². The quantitative estimate of drug-likeness (QED) is 0.417. The molecule has 8 nitrogen and oxygen atoms in total. The molecule has 0 aliphatic carbocycles. The van der Waals surface area contributed by atoms with E-state index in [0.29, 0.717) is 0 Å². The number of hydrogen-bond acceptors (Lipinski definition) is 6. The van der Waals surface area contributed by atoms with E-state index in [1.54, 1.807) is 0 Å². The molecule has 6 aromatic rings. The maximum absolute atomic E-state index is 11.9. The molecular formula is C12H4N4O4. The Morgan fingerprint density at radius 3 is 1.50 bits per heavy atom. The van der Waals surface area contributed by atoms with Crippen LogP contribution in [0.5, 0.6) is 0 Å². The molecule has 0 atom stereocenters. The third-order valence-corrected chi connectivity index (χ3v) is 3.30. The molecular weight excluding hydrogens is 264 g/mol. The minimum Gasteiger partial charge on any atom is -0.288 e. The second kappa shape index (κ2) is 3.23. The van der Waals surface area contributed by atoms with Crippen molar-refractivity contribution in [3.05, 3.63) is 53.5 Å². The van der Waals surface area contributed by atoms with E-state index in [1.165, 1.54) is 12.1 Å². The van der Waals surface area contributed by atoms with E-state index in [1.807, 2.05) is 0 Å². The Kier molecular flexibility index (Phi) is 1.74. The summed E-state index contributed by atoms with van der Waals surface area (Å²) < 4.78 is 0. The molecule has 0 saturated carbocycles. The van der Waals surface area contributed by atoms with Crippen LogP contribution in [0.4, 0.5) is 0 Å². The molecule has 6 rings (SSSR count). The van der Waals surface area contributed by atoms with Gasteiger partial charge in [0.1, 0.15) is 0 Å². The predicted molar refractivity (Wildman–Crippen MR) is 70.7 cm³/mol. The van der Waals surface area contributed by atoms with E-state index in [0.717, 1.165) is 0 Å². The molecule has 8 heteroatoms. The lowest BCUT2D eigenvalue weighted by Crippen LogP contribution is -2.14. The molecule has 0 radical (unpaired) electrons. The maximum Gasteiger partial charge on any atom is 0.279 e. The van der Waals surface area contributed by atoms with E-state index in [9.17, 15) is 19.2 Å². The van der Waals surface area contributed by atoms with Gasteiger partial charge in [-0.1, -0.05) is 0 Å². The topological polar surface area (TPSA) is 126 Å². The monoisotopic (exact) mass is 268 g/mol. The van der Waals surface area contributed by atoms with Crippen molar-refractivity contribution in [1.82, 2.24) is 20.2 Å². The summed E-state index contributed by atoms with van der Waals surface area (Å²) in [7, 11) is 0. The van der Waals surface area contributed by atoms with Gasteiger partial charge in [-0.2, -0.15) is 0 Å². The number of hydrogen-bond donors (Lipinski definition) is 2. The lowest BCUT2D eigenvalue weighted by Gasteiger charge is -1.98. The molecule has 4 bridgehead atoms. The van der Waals surface area contributed by atoms with E-state index in [2.05, 4.69) is 20.2 Å². The number of aromatic nitrogens is 4. The van der Waals surface area contributed by atoms with Crippen LogP contribution < -0.4 is 22.2 Å². The Morgan fingerprint density at radius 2 is 1.05 bits per heavy atom. The van der Waals surface area contributed by atoms with Crippen LogP contribution in [-0.2, 0) is 0 Å². The summed E-state index contributed by atoms with van der Waals surface area (Å²) in [6, 6.07) is 2.85. The molecule has 0 unspecified atom stereocenters. The summed E-state index contributed by atoms with van der Waals surface area (Å²) >= 11 is 0. The van der Waals surface area contributed by atoms with Crippen LogP contribution in [0, 0.1) is 0 Å². The van der Waals surface area contributed by atoms with E-state index >= 15 is 0 Å². The standard InChI is InChI=1S/C12H4N4O4/c17-9-3-1-2-4(10(18)13-9)6-5(3)7-11(19)14-12(20)8(6)16-15-7/h1-2H,(H,13,17,18)(H,14,19,20). The van der Waals surface area contributed by atoms with Crippen LogP contribution in [0.15, 0.2) is 31.3 Å². The lowest BCUT2D eigenvalue weighted by atomic mass is 10.1. The first-order chi connectivity index (χ1) is 9.58. The maximum atomic E-state index is 11.9. The molecule has 0 amide bonds. The third kappa shape index (κ3) is 1.10. The highest BCUT2D eigenvalue weighted by Crippen LogP contribution is 2.24. The van der Waals surface area contributed by atoms with Crippen LogP contribution in [0.3, 0.4) is 0 Å². The third-order valence-electron chi connectivity index (χ3n) is 3.30. The number of benzene rings is 1. The van der Waals surface area contributed by atoms with Crippen LogP contribution in [0.1, 0.15) is 0 Å². The Bertz CT molecular complexity index is 1040. The lowest BCUT2D eigenvalue weighted by molar-refractivity contribution is 1.12. The van der Waals surface area contributed by atoms with E-state index in [4.69, 9.17) is 0 Å². The second-order valence-electron chi connectivity index (χ2n) is 4.37. The molecule has 96 valence electrons. The Balaban J connectivity index is 2.74. The second-order valence-corrected chi connectivity index (χ2v) is 4.37. The molecule has 0 aliphatic heterocycles. The van der Waals surface area contributed by atoms with Crippen molar-refractivity contribution in [2.24, 2.45) is 0 Å². The number of nitrogens with one attached hydrogen (secondary N) is 2. The number of aromatic amines is 2. The minimum atomic E-state index is -0.743. The van der Waals surface area contributed by atoms with Crippen LogP contribution >= 0.6 is 0 Å². The molecule has 0 spiro atoms. The molecule has 0 fully saturated rings. The fourth-order valence-corrected chi connectivity index (χ4v) is 2.45. The van der Waals surface area contributed by atoms with Gasteiger partial charge in [0.15, 0.2) is 11.0 Å². The van der Waals surface area contributed by atoms with Crippen molar-refractivity contribution < 1.29 is 0 Å². The van der Waals surface area contributed by atoms with E-state index in [-0.39, 0.29) is 32.6 Å². The average Bonchev–Trinajstić information content (AvgIpc) is 2.74. The van der Waals surface area contributed by atoms with Gasteiger partial charge < -0.3 is 0 Å². The fraction of sp³-hybridized carbons (Fsp3) is 0. The summed E-state index contributed by atoms with van der Waals surface area (Å²) in [6.45, 7) is 0. The molecule has 5 aromatic heterocycles. The zero-order chi connectivity index (χ0) is 14.0. The SMILES string of the molecule is O=c1[nH]c(=O)c2ccc1c1c3nnc(c(=O)[nH]c3=O)c21. The van der Waals surface area contributed by atoms with Crippen LogP contribution in [0.25, 0.3) is 32.6 Å². The summed E-state index contributed by atoms with van der Waals surface area (Å²) in [4.78, 5) is 51.9. The van der Waals surface area contributed by atoms with E-state index < -0.39 is 22.2 Å². The van der Waals surface area contributed by atoms with Gasteiger partial charge in [0.05, 0.1) is 10.8 Å². The fourth-order valence-electron chi connectivity index (χ4n) is 2.45. The first kappa shape index (κ1) is 10.7. The largest absolute Gasteiger partial charge is 0.288 e. The molecule has 0 saturated heterocycles. The Hall–Kier alpha value is -3.16. The van der Waals surface area contributed by atoms with Crippen molar-refractivity contribution in [2.75, 3.05) is 0 Å². The Morgan fingerprint density at radius 1 is 0.650 bits per heavy atom. The smallest absolute Gasteiger partial charge is 0.279 e. The predicted octanol–water partition coefficient (Wildman–Crippen LogP) is -1.09. The molecule has 2 N–H and O–H groups in total. The summed E-state index contributed by atoms with van der Waals surface area (Å²) in [5, 5.41) is 7.96. The highest BCUT2D eigenvalue weighted by atomic mass is 16.2. The van der Waals surface area contributed by atoms with Gasteiger partial charge in [-0.25, -0.2) is 0 Å². The molecule has 5 heterocycles. The van der Waals surface area contributed by atoms with Crippen LogP contribution in [0.2, 0.25) is 0 Å². The number of rotatable bonds is 0. The minimum absolute atomic E-state index is 0.116. The van der Waals surface area contributed by atoms with Crippen molar-refractivity contribution in [2.45, 2.75) is 0 Å². The summed E-state index contributed by atoms with van der Waals surface area (Å²) in [6.07, 6.45) is 0. The van der Waals surface area contributed by atoms with Crippen molar-refractivity contribution in [3.8, 4) is 0 Å². The van der Waals surface area contributed by atoms with Gasteiger partial charge in [0.25, 0.3) is 22.2 Å². The zero-order valence-electron chi connectivity index (χ0n) is 9.68. The molecule has 1 aromatic carbocycles. The van der Waals surface area contributed by atoms with Crippen molar-refractivity contribution in [1.29, 1.82) is 0 Å². The molecule has 20 heavy (non-hydrogen) atoms. The number of fused-ring (bicyclic) bond motifs is 6. The van der Waals surface area contributed by atoms with Gasteiger partial charge in [-0.15, -0.1) is 10.2 Å². The average molecular weight is 268 g/mol. The van der Waals surface area contributed by atoms with Crippen molar-refractivity contribution in [3.63, 3.8) is 0 Å².